The molecule has 2 aromatic rings. The second kappa shape index (κ2) is 9.00. The van der Waals surface area contributed by atoms with Crippen molar-refractivity contribution < 1.29 is 14.3 Å². The number of nitrogens with one attached hydrogen (secondary N) is 3. The number of hydrogen-bond donors (Lipinski definition) is 4. The molecule has 0 aliphatic rings. The summed E-state index contributed by atoms with van der Waals surface area (Å²) in [5.41, 5.74) is 6.47. The van der Waals surface area contributed by atoms with Gasteiger partial charge in [0.1, 0.15) is 10.8 Å². The highest BCUT2D eigenvalue weighted by atomic mass is 32.1. The van der Waals surface area contributed by atoms with E-state index in [-0.39, 0.29) is 11.8 Å². The Kier molecular flexibility index (Phi) is 6.74. The molecule has 138 valence electrons. The van der Waals surface area contributed by atoms with E-state index in [9.17, 15) is 9.59 Å². The van der Waals surface area contributed by atoms with E-state index in [0.29, 0.717) is 17.1 Å². The summed E-state index contributed by atoms with van der Waals surface area (Å²) in [6.07, 6.45) is 2.08. The third kappa shape index (κ3) is 4.82. The van der Waals surface area contributed by atoms with Crippen LogP contribution in [0.3, 0.4) is 0 Å². The largest absolute Gasteiger partial charge is 0.497 e. The molecule has 1 aromatic heterocycles. The van der Waals surface area contributed by atoms with Gasteiger partial charge in [-0.05, 0) is 42.3 Å². The van der Waals surface area contributed by atoms with Crippen LogP contribution in [0.4, 0.5) is 9.80 Å². The monoisotopic (exact) mass is 374 g/mol. The molecule has 1 aromatic carbocycles. The molecule has 0 radical (unpaired) electrons. The second-order valence-corrected chi connectivity index (χ2v) is 6.67. The van der Waals surface area contributed by atoms with Crippen molar-refractivity contribution in [1.82, 2.24) is 5.32 Å². The number of carbonyl (C=O) groups excluding carboxylic acids is 2. The summed E-state index contributed by atoms with van der Waals surface area (Å²) < 4.78 is 5.15. The molecule has 0 bridgehead atoms. The number of anilines is 1. The zero-order chi connectivity index (χ0) is 19.1. The minimum absolute atomic E-state index is 0.0220. The number of ether oxygens (including phenoxy) is 1. The number of thiophene rings is 1. The van der Waals surface area contributed by atoms with Crippen molar-refractivity contribution in [2.45, 2.75) is 13.3 Å². The molecule has 1 heterocycles. The Labute approximate surface area is 156 Å². The van der Waals surface area contributed by atoms with E-state index in [1.54, 1.807) is 13.2 Å². The summed E-state index contributed by atoms with van der Waals surface area (Å²) >= 11 is 1.27. The normalized spacial score (nSPS) is 11.5. The molecule has 8 heteroatoms. The van der Waals surface area contributed by atoms with Gasteiger partial charge in [0.05, 0.1) is 12.7 Å². The molecular formula is C18H22N4O3S. The van der Waals surface area contributed by atoms with Crippen LogP contribution in [0.5, 0.6) is 5.75 Å². The van der Waals surface area contributed by atoms with Gasteiger partial charge in [-0.3, -0.25) is 10.1 Å². The summed E-state index contributed by atoms with van der Waals surface area (Å²) in [5.74, 6) is 0.396. The van der Waals surface area contributed by atoms with Crippen LogP contribution in [0.15, 0.2) is 30.3 Å². The molecule has 1 atom stereocenters. The van der Waals surface area contributed by atoms with Crippen molar-refractivity contribution in [3.05, 3.63) is 35.9 Å². The van der Waals surface area contributed by atoms with Gasteiger partial charge in [-0.25, -0.2) is 4.79 Å². The quantitative estimate of drug-likeness (QED) is 0.531. The van der Waals surface area contributed by atoms with Gasteiger partial charge >= 0.3 is 6.03 Å². The van der Waals surface area contributed by atoms with Crippen molar-refractivity contribution in [2.24, 2.45) is 11.7 Å². The van der Waals surface area contributed by atoms with Crippen LogP contribution in [0.2, 0.25) is 0 Å². The number of rotatable bonds is 8. The predicted octanol–water partition coefficient (Wildman–Crippen LogP) is 3.32. The molecule has 0 saturated heterocycles. The highest BCUT2D eigenvalue weighted by Gasteiger charge is 2.19. The van der Waals surface area contributed by atoms with E-state index < -0.39 is 6.03 Å². The Morgan fingerprint density at radius 2 is 2.04 bits per heavy atom. The first kappa shape index (κ1) is 19.5. The van der Waals surface area contributed by atoms with Crippen LogP contribution in [0, 0.1) is 11.3 Å². The van der Waals surface area contributed by atoms with Crippen LogP contribution in [0.1, 0.15) is 23.7 Å². The number of methoxy groups -OCH3 is 1. The minimum Gasteiger partial charge on any atom is -0.497 e. The Morgan fingerprint density at radius 1 is 1.35 bits per heavy atom. The number of benzene rings is 1. The number of hydrogen-bond acceptors (Lipinski definition) is 5. The zero-order valence-corrected chi connectivity index (χ0v) is 15.5. The SMILES string of the molecule is CC[C@H](C=N)CNC(=O)c1cc(-c2ccc(OC)cc2)sc1NC(N)=O. The summed E-state index contributed by atoms with van der Waals surface area (Å²) in [6.45, 7) is 2.32. The van der Waals surface area contributed by atoms with Gasteiger partial charge in [0.25, 0.3) is 5.91 Å². The first-order chi connectivity index (χ1) is 12.5. The maximum absolute atomic E-state index is 12.5. The molecule has 0 fully saturated rings. The average molecular weight is 374 g/mol. The highest BCUT2D eigenvalue weighted by molar-refractivity contribution is 7.20. The minimum atomic E-state index is -0.729. The van der Waals surface area contributed by atoms with Crippen LogP contribution < -0.4 is 21.1 Å². The lowest BCUT2D eigenvalue weighted by atomic mass is 10.1. The Morgan fingerprint density at radius 3 is 2.58 bits per heavy atom. The van der Waals surface area contributed by atoms with E-state index in [2.05, 4.69) is 10.6 Å². The van der Waals surface area contributed by atoms with Gasteiger partial charge in [0.2, 0.25) is 0 Å². The van der Waals surface area contributed by atoms with Gasteiger partial charge in [-0.15, -0.1) is 11.3 Å². The molecule has 5 N–H and O–H groups in total. The summed E-state index contributed by atoms with van der Waals surface area (Å²) in [7, 11) is 1.59. The summed E-state index contributed by atoms with van der Waals surface area (Å²) in [4.78, 5) is 24.6. The lowest BCUT2D eigenvalue weighted by molar-refractivity contribution is 0.0952. The maximum atomic E-state index is 12.5. The molecule has 0 aliphatic carbocycles. The van der Waals surface area contributed by atoms with E-state index in [4.69, 9.17) is 15.9 Å². The molecule has 0 unspecified atom stereocenters. The third-order valence-electron chi connectivity index (χ3n) is 3.87. The third-order valence-corrected chi connectivity index (χ3v) is 4.97. The molecular weight excluding hydrogens is 352 g/mol. The van der Waals surface area contributed by atoms with Gasteiger partial charge < -0.3 is 21.2 Å². The fourth-order valence-electron chi connectivity index (χ4n) is 2.30. The maximum Gasteiger partial charge on any atom is 0.317 e. The topological polar surface area (TPSA) is 117 Å². The summed E-state index contributed by atoms with van der Waals surface area (Å²) in [6, 6.07) is 8.40. The molecule has 0 saturated carbocycles. The highest BCUT2D eigenvalue weighted by Crippen LogP contribution is 2.36. The van der Waals surface area contributed by atoms with Crippen molar-refractivity contribution in [3.63, 3.8) is 0 Å². The van der Waals surface area contributed by atoms with E-state index in [0.717, 1.165) is 22.6 Å². The fraction of sp³-hybridized carbons (Fsp3) is 0.278. The van der Waals surface area contributed by atoms with Crippen LogP contribution >= 0.6 is 11.3 Å². The molecule has 7 nitrogen and oxygen atoms in total. The van der Waals surface area contributed by atoms with Crippen molar-refractivity contribution >= 4 is 34.5 Å². The Hall–Kier alpha value is -2.87. The first-order valence-corrected chi connectivity index (χ1v) is 8.93. The van der Waals surface area contributed by atoms with Gasteiger partial charge in [-0.2, -0.15) is 0 Å². The molecule has 0 spiro atoms. The van der Waals surface area contributed by atoms with Gasteiger partial charge in [0, 0.05) is 23.6 Å². The first-order valence-electron chi connectivity index (χ1n) is 8.12. The fourth-order valence-corrected chi connectivity index (χ4v) is 3.37. The number of amides is 3. The number of urea groups is 1. The van der Waals surface area contributed by atoms with Crippen LogP contribution in [-0.2, 0) is 0 Å². The predicted molar refractivity (Wildman–Crippen MR) is 104 cm³/mol. The zero-order valence-electron chi connectivity index (χ0n) is 14.7. The molecule has 0 aliphatic heterocycles. The van der Waals surface area contributed by atoms with Crippen LogP contribution in [0.25, 0.3) is 10.4 Å². The molecule has 3 amide bonds. The Bertz CT molecular complexity index is 786. The van der Waals surface area contributed by atoms with E-state index >= 15 is 0 Å². The molecule has 2 rings (SSSR count). The van der Waals surface area contributed by atoms with E-state index in [1.807, 2.05) is 31.2 Å². The average Bonchev–Trinajstić information content (AvgIpc) is 3.05. The lowest BCUT2D eigenvalue weighted by Crippen LogP contribution is -2.30. The smallest absolute Gasteiger partial charge is 0.317 e. The number of primary amides is 1. The van der Waals surface area contributed by atoms with Crippen LogP contribution in [-0.4, -0.2) is 31.8 Å². The standard InChI is InChI=1S/C18H22N4O3S/c1-3-11(9-19)10-21-16(23)14-8-15(26-17(14)22-18(20)24)12-4-6-13(25-2)7-5-12/h4-9,11,19H,3,10H2,1-2H3,(H,21,23)(H3,20,22,24)/t11-/m1/s1. The van der Waals surface area contributed by atoms with E-state index in [1.165, 1.54) is 17.6 Å². The number of carbonyl (C=O) groups is 2. The number of nitrogens with two attached hydrogens (primary N) is 1. The lowest BCUT2D eigenvalue weighted by Gasteiger charge is -2.10. The van der Waals surface area contributed by atoms with Gasteiger partial charge in [-0.1, -0.05) is 6.92 Å². The second-order valence-electron chi connectivity index (χ2n) is 5.62. The summed E-state index contributed by atoms with van der Waals surface area (Å²) in [5, 5.41) is 13.0. The Balaban J connectivity index is 2.28. The van der Waals surface area contributed by atoms with Gasteiger partial charge in [0.15, 0.2) is 0 Å². The molecule has 26 heavy (non-hydrogen) atoms. The van der Waals surface area contributed by atoms with Crippen molar-refractivity contribution in [2.75, 3.05) is 19.0 Å². The van der Waals surface area contributed by atoms with Crippen molar-refractivity contribution in [1.29, 1.82) is 5.41 Å². The van der Waals surface area contributed by atoms with Crippen molar-refractivity contribution in [3.8, 4) is 16.2 Å².